The number of nitrogens with zero attached hydrogens (tertiary/aromatic N) is 1. The van der Waals surface area contributed by atoms with Crippen molar-refractivity contribution in [3.05, 3.63) is 77.9 Å². The van der Waals surface area contributed by atoms with Gasteiger partial charge in [-0.25, -0.2) is 4.98 Å². The molecule has 0 spiro atoms. The first-order valence-corrected chi connectivity index (χ1v) is 10.8. The van der Waals surface area contributed by atoms with Gasteiger partial charge in [-0.05, 0) is 67.9 Å². The van der Waals surface area contributed by atoms with Gasteiger partial charge in [0.25, 0.3) is 0 Å². The highest BCUT2D eigenvalue weighted by molar-refractivity contribution is 8.00. The molecule has 0 saturated heterocycles. The third kappa shape index (κ3) is 4.43. The van der Waals surface area contributed by atoms with Crippen LogP contribution in [0.25, 0.3) is 20.8 Å². The second-order valence-corrected chi connectivity index (χ2v) is 8.80. The number of thiazole rings is 1. The molecule has 0 saturated carbocycles. The fraction of sp³-hybridized carbons (Fsp3) is 0.130. The smallest absolute Gasteiger partial charge is 0.234 e. The van der Waals surface area contributed by atoms with E-state index in [0.29, 0.717) is 5.75 Å². The fourth-order valence-electron chi connectivity index (χ4n) is 2.83. The van der Waals surface area contributed by atoms with Gasteiger partial charge in [0.15, 0.2) is 0 Å². The predicted octanol–water partition coefficient (Wildman–Crippen LogP) is 6.31. The van der Waals surface area contributed by atoms with E-state index >= 15 is 0 Å². The van der Waals surface area contributed by atoms with E-state index in [-0.39, 0.29) is 5.91 Å². The minimum Gasteiger partial charge on any atom is -0.325 e. The van der Waals surface area contributed by atoms with Crippen molar-refractivity contribution in [2.24, 2.45) is 0 Å². The molecule has 28 heavy (non-hydrogen) atoms. The van der Waals surface area contributed by atoms with Crippen molar-refractivity contribution in [2.75, 3.05) is 11.1 Å². The molecule has 4 rings (SSSR count). The maximum Gasteiger partial charge on any atom is 0.234 e. The number of thioether (sulfide) groups is 1. The topological polar surface area (TPSA) is 42.0 Å². The molecule has 0 aliphatic heterocycles. The summed E-state index contributed by atoms with van der Waals surface area (Å²) >= 11 is 3.23. The molecule has 0 radical (unpaired) electrons. The van der Waals surface area contributed by atoms with Crippen LogP contribution in [0, 0.1) is 13.8 Å². The first-order valence-electron chi connectivity index (χ1n) is 9.04. The molecule has 1 aromatic heterocycles. The molecular formula is C23H20N2OS2. The monoisotopic (exact) mass is 404 g/mol. The van der Waals surface area contributed by atoms with Gasteiger partial charge in [0.2, 0.25) is 5.91 Å². The molecular weight excluding hydrogens is 384 g/mol. The summed E-state index contributed by atoms with van der Waals surface area (Å²) in [7, 11) is 0. The number of fused-ring (bicyclic) bond motifs is 1. The molecule has 140 valence electrons. The van der Waals surface area contributed by atoms with Crippen LogP contribution in [-0.4, -0.2) is 16.6 Å². The van der Waals surface area contributed by atoms with E-state index < -0.39 is 0 Å². The number of hydrogen-bond donors (Lipinski definition) is 1. The number of aromatic nitrogens is 1. The lowest BCUT2D eigenvalue weighted by atomic mass is 10.2. The van der Waals surface area contributed by atoms with E-state index in [4.69, 9.17) is 4.98 Å². The molecule has 0 fully saturated rings. The van der Waals surface area contributed by atoms with Crippen LogP contribution < -0.4 is 5.32 Å². The number of carbonyl (C=O) groups excluding carboxylic acids is 1. The van der Waals surface area contributed by atoms with Crippen molar-refractivity contribution >= 4 is 44.9 Å². The summed E-state index contributed by atoms with van der Waals surface area (Å²) in [6.45, 7) is 4.15. The van der Waals surface area contributed by atoms with Crippen molar-refractivity contribution in [2.45, 2.75) is 18.7 Å². The van der Waals surface area contributed by atoms with Crippen LogP contribution >= 0.6 is 23.1 Å². The third-order valence-electron chi connectivity index (χ3n) is 4.35. The Labute approximate surface area is 172 Å². The van der Waals surface area contributed by atoms with E-state index in [1.165, 1.54) is 27.6 Å². The van der Waals surface area contributed by atoms with E-state index in [0.717, 1.165) is 26.7 Å². The summed E-state index contributed by atoms with van der Waals surface area (Å²) in [6.07, 6.45) is 0. The third-order valence-corrected chi connectivity index (χ3v) is 6.43. The molecule has 3 nitrogen and oxygen atoms in total. The molecule has 0 bridgehead atoms. The number of amides is 1. The SMILES string of the molecule is Cc1ccc(SCC(=O)Nc2ccc(-c3nc4ccc(C)cc4s3)cc2)cc1. The van der Waals surface area contributed by atoms with Gasteiger partial charge in [-0.3, -0.25) is 4.79 Å². The first kappa shape index (κ1) is 18.7. The minimum absolute atomic E-state index is 0.00575. The zero-order valence-corrected chi connectivity index (χ0v) is 17.4. The van der Waals surface area contributed by atoms with Gasteiger partial charge in [-0.15, -0.1) is 23.1 Å². The van der Waals surface area contributed by atoms with Crippen LogP contribution in [0.5, 0.6) is 0 Å². The molecule has 0 aliphatic carbocycles. The Morgan fingerprint density at radius 3 is 2.43 bits per heavy atom. The zero-order chi connectivity index (χ0) is 19.5. The van der Waals surface area contributed by atoms with Crippen molar-refractivity contribution in [3.8, 4) is 10.6 Å². The van der Waals surface area contributed by atoms with E-state index in [1.807, 2.05) is 36.4 Å². The second kappa shape index (κ2) is 8.17. The summed E-state index contributed by atoms with van der Waals surface area (Å²) in [6, 6.07) is 22.4. The highest BCUT2D eigenvalue weighted by Crippen LogP contribution is 2.31. The number of hydrogen-bond acceptors (Lipinski definition) is 4. The predicted molar refractivity (Wildman–Crippen MR) is 120 cm³/mol. The molecule has 0 aliphatic rings. The average Bonchev–Trinajstić information content (AvgIpc) is 3.11. The summed E-state index contributed by atoms with van der Waals surface area (Å²) < 4.78 is 1.19. The Balaban J connectivity index is 1.39. The maximum atomic E-state index is 12.2. The molecule has 1 amide bonds. The highest BCUT2D eigenvalue weighted by Gasteiger charge is 2.08. The van der Waals surface area contributed by atoms with E-state index in [9.17, 15) is 4.79 Å². The Morgan fingerprint density at radius 2 is 1.68 bits per heavy atom. The van der Waals surface area contributed by atoms with Crippen LogP contribution in [0.15, 0.2) is 71.6 Å². The summed E-state index contributed by atoms with van der Waals surface area (Å²) in [5.74, 6) is 0.385. The van der Waals surface area contributed by atoms with Gasteiger partial charge in [-0.1, -0.05) is 23.8 Å². The van der Waals surface area contributed by atoms with E-state index in [1.54, 1.807) is 11.3 Å². The van der Waals surface area contributed by atoms with Crippen LogP contribution in [0.4, 0.5) is 5.69 Å². The van der Waals surface area contributed by atoms with Gasteiger partial charge in [-0.2, -0.15) is 0 Å². The molecule has 1 heterocycles. The zero-order valence-electron chi connectivity index (χ0n) is 15.7. The fourth-order valence-corrected chi connectivity index (χ4v) is 4.60. The number of benzene rings is 3. The number of nitrogens with one attached hydrogen (secondary N) is 1. The van der Waals surface area contributed by atoms with Gasteiger partial charge < -0.3 is 5.32 Å². The standard InChI is InChI=1S/C23H20N2OS2/c1-15-3-10-19(11-4-15)27-14-22(26)24-18-8-6-17(7-9-18)23-25-20-12-5-16(2)13-21(20)28-23/h3-13H,14H2,1-2H3,(H,24,26). The summed E-state index contributed by atoms with van der Waals surface area (Å²) in [5.41, 5.74) is 5.35. The molecule has 5 heteroatoms. The lowest BCUT2D eigenvalue weighted by Gasteiger charge is -2.06. The van der Waals surface area contributed by atoms with Crippen molar-refractivity contribution in [1.82, 2.24) is 4.98 Å². The highest BCUT2D eigenvalue weighted by atomic mass is 32.2. The minimum atomic E-state index is -0.00575. The Kier molecular flexibility index (Phi) is 5.46. The maximum absolute atomic E-state index is 12.2. The molecule has 1 N–H and O–H groups in total. The van der Waals surface area contributed by atoms with Crippen molar-refractivity contribution < 1.29 is 4.79 Å². The molecule has 4 aromatic rings. The number of aryl methyl sites for hydroxylation is 2. The van der Waals surface area contributed by atoms with Crippen LogP contribution in [-0.2, 0) is 4.79 Å². The number of carbonyl (C=O) groups is 1. The lowest BCUT2D eigenvalue weighted by Crippen LogP contribution is -2.13. The number of rotatable bonds is 5. The van der Waals surface area contributed by atoms with Crippen LogP contribution in [0.2, 0.25) is 0 Å². The Hall–Kier alpha value is -2.63. The molecule has 3 aromatic carbocycles. The summed E-state index contributed by atoms with van der Waals surface area (Å²) in [4.78, 5) is 18.0. The van der Waals surface area contributed by atoms with Gasteiger partial charge in [0.1, 0.15) is 5.01 Å². The quantitative estimate of drug-likeness (QED) is 0.396. The Morgan fingerprint density at radius 1 is 0.964 bits per heavy atom. The average molecular weight is 405 g/mol. The summed E-state index contributed by atoms with van der Waals surface area (Å²) in [5, 5.41) is 3.95. The van der Waals surface area contributed by atoms with Crippen LogP contribution in [0.1, 0.15) is 11.1 Å². The van der Waals surface area contributed by atoms with Crippen molar-refractivity contribution in [3.63, 3.8) is 0 Å². The molecule has 0 atom stereocenters. The van der Waals surface area contributed by atoms with Gasteiger partial charge >= 0.3 is 0 Å². The van der Waals surface area contributed by atoms with Crippen LogP contribution in [0.3, 0.4) is 0 Å². The Bertz CT molecular complexity index is 1120. The largest absolute Gasteiger partial charge is 0.325 e. The normalized spacial score (nSPS) is 10.9. The first-order chi connectivity index (χ1) is 13.6. The lowest BCUT2D eigenvalue weighted by molar-refractivity contribution is -0.113. The van der Waals surface area contributed by atoms with Crippen molar-refractivity contribution in [1.29, 1.82) is 0 Å². The second-order valence-electron chi connectivity index (χ2n) is 6.72. The van der Waals surface area contributed by atoms with Gasteiger partial charge in [0, 0.05) is 16.1 Å². The number of anilines is 1. The molecule has 0 unspecified atom stereocenters. The van der Waals surface area contributed by atoms with Gasteiger partial charge in [0.05, 0.1) is 16.0 Å². The van der Waals surface area contributed by atoms with E-state index in [2.05, 4.69) is 49.5 Å².